The van der Waals surface area contributed by atoms with E-state index in [4.69, 9.17) is 10.5 Å². The molecular weight excluding hydrogens is 248 g/mol. The number of morpholine rings is 1. The second kappa shape index (κ2) is 4.99. The summed E-state index contributed by atoms with van der Waals surface area (Å²) < 4.78 is 5.69. The summed E-state index contributed by atoms with van der Waals surface area (Å²) in [6.45, 7) is 8.95. The van der Waals surface area contributed by atoms with Crippen LogP contribution in [-0.4, -0.2) is 35.6 Å². The number of carbonyl (C=O) groups excluding carboxylic acids is 1. The van der Waals surface area contributed by atoms with E-state index >= 15 is 0 Å². The van der Waals surface area contributed by atoms with Gasteiger partial charge in [-0.2, -0.15) is 0 Å². The van der Waals surface area contributed by atoms with Crippen LogP contribution in [0.15, 0.2) is 11.4 Å². The summed E-state index contributed by atoms with van der Waals surface area (Å²) in [7, 11) is 0. The fourth-order valence-electron chi connectivity index (χ4n) is 2.11. The summed E-state index contributed by atoms with van der Waals surface area (Å²) in [6, 6.07) is 1.89. The first-order valence-corrected chi connectivity index (χ1v) is 7.00. The quantitative estimate of drug-likeness (QED) is 0.910. The molecule has 2 heterocycles. The van der Waals surface area contributed by atoms with E-state index in [2.05, 4.69) is 25.7 Å². The molecule has 1 saturated heterocycles. The van der Waals surface area contributed by atoms with Crippen LogP contribution in [0.25, 0.3) is 0 Å². The molecule has 1 aromatic heterocycles. The minimum absolute atomic E-state index is 0.0311. The van der Waals surface area contributed by atoms with Crippen LogP contribution in [0, 0.1) is 0 Å². The highest BCUT2D eigenvalue weighted by molar-refractivity contribution is 7.10. The SMILES string of the molecule is C[C@H]1CN(Cc2cc(C(N)=O)cs2)C(C)(C)CO1. The topological polar surface area (TPSA) is 55.6 Å². The number of nitrogens with two attached hydrogens (primary N) is 1. The molecule has 0 saturated carbocycles. The zero-order chi connectivity index (χ0) is 13.3. The van der Waals surface area contributed by atoms with E-state index < -0.39 is 0 Å². The Kier molecular flexibility index (Phi) is 3.75. The van der Waals surface area contributed by atoms with E-state index in [9.17, 15) is 4.79 Å². The number of hydrogen-bond donors (Lipinski definition) is 1. The first-order chi connectivity index (χ1) is 8.38. The molecule has 1 atom stereocenters. The number of ether oxygens (including phenoxy) is 1. The van der Waals surface area contributed by atoms with E-state index in [-0.39, 0.29) is 17.6 Å². The van der Waals surface area contributed by atoms with Gasteiger partial charge in [0.2, 0.25) is 5.91 Å². The highest BCUT2D eigenvalue weighted by Gasteiger charge is 2.33. The van der Waals surface area contributed by atoms with E-state index in [1.165, 1.54) is 4.88 Å². The zero-order valence-corrected chi connectivity index (χ0v) is 11.9. The van der Waals surface area contributed by atoms with Crippen LogP contribution in [0.1, 0.15) is 36.0 Å². The second-order valence-corrected chi connectivity index (χ2v) is 6.48. The molecular formula is C13H20N2O2S. The van der Waals surface area contributed by atoms with Crippen LogP contribution in [0.2, 0.25) is 0 Å². The third-order valence-corrected chi connectivity index (χ3v) is 4.26. The van der Waals surface area contributed by atoms with Crippen LogP contribution >= 0.6 is 11.3 Å². The first-order valence-electron chi connectivity index (χ1n) is 6.12. The lowest BCUT2D eigenvalue weighted by Crippen LogP contribution is -2.54. The van der Waals surface area contributed by atoms with Gasteiger partial charge in [0.1, 0.15) is 0 Å². The Morgan fingerprint density at radius 2 is 2.39 bits per heavy atom. The summed E-state index contributed by atoms with van der Waals surface area (Å²) in [4.78, 5) is 14.7. The van der Waals surface area contributed by atoms with Gasteiger partial charge in [-0.05, 0) is 26.8 Å². The van der Waals surface area contributed by atoms with E-state index in [1.54, 1.807) is 11.3 Å². The number of hydrogen-bond acceptors (Lipinski definition) is 4. The van der Waals surface area contributed by atoms with Crippen LogP contribution < -0.4 is 5.73 Å². The van der Waals surface area contributed by atoms with Crippen molar-refractivity contribution in [2.24, 2.45) is 5.73 Å². The zero-order valence-electron chi connectivity index (χ0n) is 11.1. The Hall–Kier alpha value is -0.910. The van der Waals surface area contributed by atoms with Crippen molar-refractivity contribution >= 4 is 17.2 Å². The number of carbonyl (C=O) groups is 1. The molecule has 0 radical (unpaired) electrons. The summed E-state index contributed by atoms with van der Waals surface area (Å²) in [5, 5.41) is 1.83. The van der Waals surface area contributed by atoms with Crippen LogP contribution in [-0.2, 0) is 11.3 Å². The molecule has 1 fully saturated rings. The van der Waals surface area contributed by atoms with Gasteiger partial charge in [0.25, 0.3) is 0 Å². The normalized spacial score (nSPS) is 24.1. The Labute approximate surface area is 112 Å². The molecule has 1 aliphatic rings. The first kappa shape index (κ1) is 13.5. The van der Waals surface area contributed by atoms with Crippen LogP contribution in [0.5, 0.6) is 0 Å². The monoisotopic (exact) mass is 268 g/mol. The third-order valence-electron chi connectivity index (χ3n) is 3.34. The van der Waals surface area contributed by atoms with Gasteiger partial charge in [0.05, 0.1) is 18.3 Å². The highest BCUT2D eigenvalue weighted by atomic mass is 32.1. The minimum Gasteiger partial charge on any atom is -0.375 e. The fraction of sp³-hybridized carbons (Fsp3) is 0.615. The van der Waals surface area contributed by atoms with Gasteiger partial charge in [0, 0.05) is 28.9 Å². The number of primary amides is 1. The molecule has 2 rings (SSSR count). The van der Waals surface area contributed by atoms with Crippen molar-refractivity contribution in [2.45, 2.75) is 39.0 Å². The Balaban J connectivity index is 2.08. The van der Waals surface area contributed by atoms with Gasteiger partial charge in [0.15, 0.2) is 0 Å². The van der Waals surface area contributed by atoms with Crippen molar-refractivity contribution in [1.29, 1.82) is 0 Å². The number of rotatable bonds is 3. The van der Waals surface area contributed by atoms with Crippen molar-refractivity contribution in [3.05, 3.63) is 21.9 Å². The third kappa shape index (κ3) is 2.91. The second-order valence-electron chi connectivity index (χ2n) is 5.48. The summed E-state index contributed by atoms with van der Waals surface area (Å²) in [5.41, 5.74) is 5.91. The van der Waals surface area contributed by atoms with Crippen molar-refractivity contribution in [3.63, 3.8) is 0 Å². The summed E-state index contributed by atoms with van der Waals surface area (Å²) in [6.07, 6.45) is 0.258. The standard InChI is InChI=1S/C13H20N2O2S/c1-9-5-15(13(2,3)8-17-9)6-11-4-10(7-18-11)12(14)16/h4,7,9H,5-6,8H2,1-3H3,(H2,14,16)/t9-/m0/s1. The van der Waals surface area contributed by atoms with Gasteiger partial charge in [-0.25, -0.2) is 0 Å². The maximum absolute atomic E-state index is 11.1. The largest absolute Gasteiger partial charge is 0.375 e. The molecule has 1 aliphatic heterocycles. The molecule has 0 spiro atoms. The predicted octanol–water partition coefficient (Wildman–Crippen LogP) is 1.85. The number of amides is 1. The lowest BCUT2D eigenvalue weighted by Gasteiger charge is -2.44. The van der Waals surface area contributed by atoms with Crippen LogP contribution in [0.3, 0.4) is 0 Å². The lowest BCUT2D eigenvalue weighted by atomic mass is 10.0. The molecule has 1 aromatic rings. The average Bonchev–Trinajstić information content (AvgIpc) is 2.73. The molecule has 4 nitrogen and oxygen atoms in total. The van der Waals surface area contributed by atoms with E-state index in [0.29, 0.717) is 5.56 Å². The molecule has 5 heteroatoms. The molecule has 100 valence electrons. The number of nitrogens with zero attached hydrogens (tertiary/aromatic N) is 1. The van der Waals surface area contributed by atoms with Gasteiger partial charge >= 0.3 is 0 Å². The molecule has 0 aromatic carbocycles. The Bertz CT molecular complexity index is 442. The summed E-state index contributed by atoms with van der Waals surface area (Å²) >= 11 is 1.59. The predicted molar refractivity (Wildman–Crippen MR) is 72.7 cm³/mol. The molecule has 0 unspecified atom stereocenters. The molecule has 18 heavy (non-hydrogen) atoms. The highest BCUT2D eigenvalue weighted by Crippen LogP contribution is 2.26. The Morgan fingerprint density at radius 3 is 3.00 bits per heavy atom. The van der Waals surface area contributed by atoms with Gasteiger partial charge < -0.3 is 10.5 Å². The van der Waals surface area contributed by atoms with Crippen LogP contribution in [0.4, 0.5) is 0 Å². The smallest absolute Gasteiger partial charge is 0.249 e. The molecule has 0 aliphatic carbocycles. The van der Waals surface area contributed by atoms with Crippen molar-refractivity contribution in [1.82, 2.24) is 4.90 Å². The van der Waals surface area contributed by atoms with Crippen molar-refractivity contribution < 1.29 is 9.53 Å². The van der Waals surface area contributed by atoms with E-state index in [1.807, 2.05) is 11.4 Å². The van der Waals surface area contributed by atoms with Gasteiger partial charge in [-0.3, -0.25) is 9.69 Å². The van der Waals surface area contributed by atoms with Gasteiger partial charge in [-0.15, -0.1) is 11.3 Å². The van der Waals surface area contributed by atoms with Crippen molar-refractivity contribution in [2.75, 3.05) is 13.2 Å². The Morgan fingerprint density at radius 1 is 1.67 bits per heavy atom. The molecule has 1 amide bonds. The minimum atomic E-state index is -0.355. The van der Waals surface area contributed by atoms with Gasteiger partial charge in [-0.1, -0.05) is 0 Å². The maximum Gasteiger partial charge on any atom is 0.249 e. The van der Waals surface area contributed by atoms with E-state index in [0.717, 1.165) is 19.7 Å². The fourth-order valence-corrected chi connectivity index (χ4v) is 3.00. The summed E-state index contributed by atoms with van der Waals surface area (Å²) in [5.74, 6) is -0.355. The average molecular weight is 268 g/mol. The lowest BCUT2D eigenvalue weighted by molar-refractivity contribution is -0.0946. The number of thiophene rings is 1. The molecule has 2 N–H and O–H groups in total. The molecule has 0 bridgehead atoms. The van der Waals surface area contributed by atoms with Crippen molar-refractivity contribution in [3.8, 4) is 0 Å². The maximum atomic E-state index is 11.1.